The van der Waals surface area contributed by atoms with E-state index in [1.54, 1.807) is 7.11 Å². The molecule has 136 valence electrons. The lowest BCUT2D eigenvalue weighted by Crippen LogP contribution is -2.53. The summed E-state index contributed by atoms with van der Waals surface area (Å²) in [7, 11) is 1.75. The number of methoxy groups -OCH3 is 1. The monoisotopic (exact) mass is 334 g/mol. The second-order valence-corrected chi connectivity index (χ2v) is 7.49. The fraction of sp³-hybridized carbons (Fsp3) is 0.700. The molecule has 1 aliphatic rings. The Morgan fingerprint density at radius 3 is 2.50 bits per heavy atom. The fourth-order valence-corrected chi connectivity index (χ4v) is 3.47. The molecule has 2 rings (SSSR count). The molecule has 0 aliphatic carbocycles. The number of benzene rings is 1. The third kappa shape index (κ3) is 5.85. The minimum Gasteiger partial charge on any atom is -0.387 e. The van der Waals surface area contributed by atoms with Crippen LogP contribution in [-0.4, -0.2) is 67.4 Å². The topological polar surface area (TPSA) is 35.9 Å². The Morgan fingerprint density at radius 2 is 1.92 bits per heavy atom. The molecule has 0 unspecified atom stereocenters. The van der Waals surface area contributed by atoms with Gasteiger partial charge in [-0.15, -0.1) is 0 Å². The Hall–Kier alpha value is -0.940. The van der Waals surface area contributed by atoms with Crippen molar-refractivity contribution in [3.63, 3.8) is 0 Å². The number of aliphatic hydroxyl groups is 1. The lowest BCUT2D eigenvalue weighted by molar-refractivity contribution is 0.0330. The minimum atomic E-state index is -0.407. The maximum absolute atomic E-state index is 10.6. The maximum Gasteiger partial charge on any atom is 0.0916 e. The molecular weight excluding hydrogens is 300 g/mol. The first-order valence-electron chi connectivity index (χ1n) is 9.21. The fourth-order valence-electron chi connectivity index (χ4n) is 3.47. The van der Waals surface area contributed by atoms with Crippen LogP contribution in [0.1, 0.15) is 38.0 Å². The van der Waals surface area contributed by atoms with E-state index in [4.69, 9.17) is 4.74 Å². The molecular formula is C20H34N2O2. The van der Waals surface area contributed by atoms with E-state index in [1.807, 2.05) is 0 Å². The smallest absolute Gasteiger partial charge is 0.0916 e. The first-order valence-corrected chi connectivity index (χ1v) is 9.21. The van der Waals surface area contributed by atoms with Crippen molar-refractivity contribution in [2.45, 2.75) is 39.3 Å². The molecule has 1 aromatic carbocycles. The number of rotatable bonds is 8. The molecule has 1 N–H and O–H groups in total. The van der Waals surface area contributed by atoms with Crippen molar-refractivity contribution in [3.05, 3.63) is 35.4 Å². The third-order valence-corrected chi connectivity index (χ3v) is 4.87. The Balaban J connectivity index is 1.83. The zero-order valence-corrected chi connectivity index (χ0v) is 15.7. The van der Waals surface area contributed by atoms with Gasteiger partial charge in [0.05, 0.1) is 12.7 Å². The van der Waals surface area contributed by atoms with Crippen molar-refractivity contribution in [2.75, 3.05) is 46.4 Å². The lowest BCUT2D eigenvalue weighted by atomic mass is 10.00. The Labute approximate surface area is 147 Å². The molecule has 1 saturated heterocycles. The highest BCUT2D eigenvalue weighted by molar-refractivity contribution is 5.24. The highest BCUT2D eigenvalue weighted by atomic mass is 16.5. The van der Waals surface area contributed by atoms with Gasteiger partial charge in [0, 0.05) is 45.9 Å². The molecule has 1 fully saturated rings. The summed E-state index contributed by atoms with van der Waals surface area (Å²) >= 11 is 0. The predicted molar refractivity (Wildman–Crippen MR) is 99.3 cm³/mol. The van der Waals surface area contributed by atoms with Gasteiger partial charge >= 0.3 is 0 Å². The van der Waals surface area contributed by atoms with E-state index in [9.17, 15) is 5.11 Å². The standard InChI is InChI=1S/C20H34N2O2/c1-16(2)13-18-5-7-19(8-6-18)20(23)15-21-9-10-22(11-12-24-4)17(3)14-21/h5-8,16-17,20,23H,9-15H2,1-4H3/t17-,20+/m1/s1. The number of aliphatic hydroxyl groups excluding tert-OH is 1. The van der Waals surface area contributed by atoms with Crippen LogP contribution in [0.2, 0.25) is 0 Å². The van der Waals surface area contributed by atoms with Crippen molar-refractivity contribution in [1.82, 2.24) is 9.80 Å². The van der Waals surface area contributed by atoms with Gasteiger partial charge in [-0.1, -0.05) is 38.1 Å². The normalized spacial score (nSPS) is 21.3. The summed E-state index contributed by atoms with van der Waals surface area (Å²) in [5, 5.41) is 10.6. The summed E-state index contributed by atoms with van der Waals surface area (Å²) in [5.74, 6) is 0.664. The molecule has 0 spiro atoms. The first-order chi connectivity index (χ1) is 11.5. The van der Waals surface area contributed by atoms with Crippen molar-refractivity contribution in [2.24, 2.45) is 5.92 Å². The summed E-state index contributed by atoms with van der Waals surface area (Å²) in [6, 6.07) is 8.99. The lowest BCUT2D eigenvalue weighted by Gasteiger charge is -2.40. The number of nitrogens with zero attached hydrogens (tertiary/aromatic N) is 2. The van der Waals surface area contributed by atoms with Gasteiger partial charge in [-0.2, -0.15) is 0 Å². The molecule has 0 aromatic heterocycles. The largest absolute Gasteiger partial charge is 0.387 e. The van der Waals surface area contributed by atoms with Crippen LogP contribution in [0.5, 0.6) is 0 Å². The van der Waals surface area contributed by atoms with Crippen LogP contribution in [0, 0.1) is 5.92 Å². The quantitative estimate of drug-likeness (QED) is 0.793. The number of ether oxygens (including phenoxy) is 1. The van der Waals surface area contributed by atoms with Gasteiger partial charge in [-0.3, -0.25) is 9.80 Å². The van der Waals surface area contributed by atoms with Gasteiger partial charge in [0.2, 0.25) is 0 Å². The zero-order chi connectivity index (χ0) is 17.5. The first kappa shape index (κ1) is 19.4. The van der Waals surface area contributed by atoms with Gasteiger partial charge in [0.15, 0.2) is 0 Å². The zero-order valence-electron chi connectivity index (χ0n) is 15.7. The summed E-state index contributed by atoms with van der Waals surface area (Å²) in [6.45, 7) is 12.3. The molecule has 0 radical (unpaired) electrons. The second-order valence-electron chi connectivity index (χ2n) is 7.49. The maximum atomic E-state index is 10.6. The van der Waals surface area contributed by atoms with E-state index in [2.05, 4.69) is 54.8 Å². The molecule has 1 aromatic rings. The molecule has 1 heterocycles. The van der Waals surface area contributed by atoms with Gasteiger partial charge < -0.3 is 9.84 Å². The van der Waals surface area contributed by atoms with Crippen molar-refractivity contribution >= 4 is 0 Å². The van der Waals surface area contributed by atoms with E-state index in [1.165, 1.54) is 5.56 Å². The van der Waals surface area contributed by atoms with Crippen molar-refractivity contribution in [3.8, 4) is 0 Å². The molecule has 1 aliphatic heterocycles. The second kappa shape index (κ2) is 9.52. The molecule has 2 atom stereocenters. The Kier molecular flexibility index (Phi) is 7.69. The van der Waals surface area contributed by atoms with Crippen LogP contribution in [0.15, 0.2) is 24.3 Å². The molecule has 4 nitrogen and oxygen atoms in total. The van der Waals surface area contributed by atoms with E-state index in [-0.39, 0.29) is 0 Å². The highest BCUT2D eigenvalue weighted by Crippen LogP contribution is 2.19. The van der Waals surface area contributed by atoms with E-state index in [0.29, 0.717) is 18.5 Å². The van der Waals surface area contributed by atoms with Gasteiger partial charge in [-0.05, 0) is 30.4 Å². The number of hydrogen-bond donors (Lipinski definition) is 1. The number of piperazine rings is 1. The van der Waals surface area contributed by atoms with E-state index < -0.39 is 6.10 Å². The molecule has 4 heteroatoms. The summed E-state index contributed by atoms with van der Waals surface area (Å²) in [5.41, 5.74) is 2.37. The average Bonchev–Trinajstić information content (AvgIpc) is 2.54. The van der Waals surface area contributed by atoms with E-state index in [0.717, 1.165) is 44.8 Å². The van der Waals surface area contributed by atoms with Crippen molar-refractivity contribution < 1.29 is 9.84 Å². The van der Waals surface area contributed by atoms with Gasteiger partial charge in [0.1, 0.15) is 0 Å². The molecule has 0 bridgehead atoms. The SMILES string of the molecule is COCCN1CCN(C[C@H](O)c2ccc(CC(C)C)cc2)C[C@H]1C. The van der Waals surface area contributed by atoms with Gasteiger partial charge in [0.25, 0.3) is 0 Å². The molecule has 0 saturated carbocycles. The summed E-state index contributed by atoms with van der Waals surface area (Å²) in [6.07, 6.45) is 0.688. The predicted octanol–water partition coefficient (Wildman–Crippen LogP) is 2.57. The van der Waals surface area contributed by atoms with Crippen LogP contribution >= 0.6 is 0 Å². The number of hydrogen-bond acceptors (Lipinski definition) is 4. The van der Waals surface area contributed by atoms with E-state index >= 15 is 0 Å². The minimum absolute atomic E-state index is 0.407. The van der Waals surface area contributed by atoms with Crippen LogP contribution in [0.4, 0.5) is 0 Å². The average molecular weight is 335 g/mol. The number of β-amino-alcohol motifs (C(OH)–C–C–N with tert-alkyl or cyclic N) is 1. The molecule has 24 heavy (non-hydrogen) atoms. The molecule has 0 amide bonds. The summed E-state index contributed by atoms with van der Waals surface area (Å²) < 4.78 is 5.18. The van der Waals surface area contributed by atoms with Crippen LogP contribution in [0.25, 0.3) is 0 Å². The van der Waals surface area contributed by atoms with Crippen LogP contribution < -0.4 is 0 Å². The van der Waals surface area contributed by atoms with Gasteiger partial charge in [-0.25, -0.2) is 0 Å². The highest BCUT2D eigenvalue weighted by Gasteiger charge is 2.24. The Morgan fingerprint density at radius 1 is 1.21 bits per heavy atom. The van der Waals surface area contributed by atoms with Crippen LogP contribution in [0.3, 0.4) is 0 Å². The Bertz CT molecular complexity index is 475. The van der Waals surface area contributed by atoms with Crippen molar-refractivity contribution in [1.29, 1.82) is 0 Å². The third-order valence-electron chi connectivity index (χ3n) is 4.87. The van der Waals surface area contributed by atoms with Crippen LogP contribution in [-0.2, 0) is 11.2 Å². The summed E-state index contributed by atoms with van der Waals surface area (Å²) in [4.78, 5) is 4.84.